The van der Waals surface area contributed by atoms with E-state index in [-0.39, 0.29) is 12.0 Å². The molecule has 1 aromatic heterocycles. The topological polar surface area (TPSA) is 45.2 Å². The van der Waals surface area contributed by atoms with E-state index < -0.39 is 0 Å². The van der Waals surface area contributed by atoms with Gasteiger partial charge in [-0.1, -0.05) is 20.8 Å². The summed E-state index contributed by atoms with van der Waals surface area (Å²) in [7, 11) is 0. The molecule has 0 aromatic carbocycles. The standard InChI is InChI=1S/C16H28N2OS/c1-10(17-13(8-9-19)12-6-7-12)14-11(2)18-15(20-14)16(3,4)5/h10,12-13,17,19H,6-9H2,1-5H3. The van der Waals surface area contributed by atoms with E-state index in [1.54, 1.807) is 0 Å². The maximum Gasteiger partial charge on any atom is 0.0985 e. The van der Waals surface area contributed by atoms with Gasteiger partial charge in [-0.25, -0.2) is 4.98 Å². The molecule has 1 fully saturated rings. The van der Waals surface area contributed by atoms with E-state index in [4.69, 9.17) is 4.98 Å². The number of nitrogens with one attached hydrogen (secondary N) is 1. The van der Waals surface area contributed by atoms with Crippen LogP contribution in [0.15, 0.2) is 0 Å². The smallest absolute Gasteiger partial charge is 0.0985 e. The lowest BCUT2D eigenvalue weighted by Crippen LogP contribution is -2.34. The Kier molecular flexibility index (Phi) is 4.88. The largest absolute Gasteiger partial charge is 0.396 e. The highest BCUT2D eigenvalue weighted by Gasteiger charge is 2.32. The second kappa shape index (κ2) is 6.12. The molecular formula is C16H28N2OS. The molecule has 1 aliphatic carbocycles. The van der Waals surface area contributed by atoms with Crippen molar-refractivity contribution in [2.45, 2.75) is 71.4 Å². The van der Waals surface area contributed by atoms with Crippen LogP contribution in [-0.2, 0) is 5.41 Å². The number of hydrogen-bond acceptors (Lipinski definition) is 4. The predicted octanol–water partition coefficient (Wildman–Crippen LogP) is 3.56. The van der Waals surface area contributed by atoms with E-state index in [0.29, 0.717) is 12.1 Å². The van der Waals surface area contributed by atoms with Crippen molar-refractivity contribution in [2.24, 2.45) is 5.92 Å². The van der Waals surface area contributed by atoms with Crippen molar-refractivity contribution < 1.29 is 5.11 Å². The molecule has 0 spiro atoms. The summed E-state index contributed by atoms with van der Waals surface area (Å²) in [4.78, 5) is 6.09. The van der Waals surface area contributed by atoms with Crippen LogP contribution in [-0.4, -0.2) is 22.7 Å². The van der Waals surface area contributed by atoms with Crippen LogP contribution >= 0.6 is 11.3 Å². The molecule has 3 nitrogen and oxygen atoms in total. The van der Waals surface area contributed by atoms with E-state index in [9.17, 15) is 5.11 Å². The first kappa shape index (κ1) is 15.9. The first-order valence-corrected chi connectivity index (χ1v) is 8.49. The lowest BCUT2D eigenvalue weighted by molar-refractivity contribution is 0.250. The van der Waals surface area contributed by atoms with Gasteiger partial charge in [0.1, 0.15) is 0 Å². The van der Waals surface area contributed by atoms with Gasteiger partial charge in [0.15, 0.2) is 0 Å². The molecule has 1 saturated carbocycles. The molecule has 1 aliphatic rings. The maximum atomic E-state index is 9.21. The van der Waals surface area contributed by atoms with E-state index >= 15 is 0 Å². The molecule has 0 aliphatic heterocycles. The van der Waals surface area contributed by atoms with Gasteiger partial charge in [0.05, 0.1) is 10.7 Å². The van der Waals surface area contributed by atoms with E-state index in [2.05, 4.69) is 39.9 Å². The minimum Gasteiger partial charge on any atom is -0.396 e. The third kappa shape index (κ3) is 3.80. The lowest BCUT2D eigenvalue weighted by atomic mass is 9.98. The number of nitrogens with zero attached hydrogens (tertiary/aromatic N) is 1. The van der Waals surface area contributed by atoms with Crippen LogP contribution in [0.4, 0.5) is 0 Å². The highest BCUT2D eigenvalue weighted by Crippen LogP contribution is 2.37. The fourth-order valence-electron chi connectivity index (χ4n) is 2.62. The van der Waals surface area contributed by atoms with Gasteiger partial charge in [-0.3, -0.25) is 0 Å². The van der Waals surface area contributed by atoms with Crippen LogP contribution in [0.3, 0.4) is 0 Å². The van der Waals surface area contributed by atoms with Gasteiger partial charge >= 0.3 is 0 Å². The summed E-state index contributed by atoms with van der Waals surface area (Å²) in [5.41, 5.74) is 1.27. The average Bonchev–Trinajstić information content (AvgIpc) is 3.10. The number of aryl methyl sites for hydroxylation is 1. The average molecular weight is 296 g/mol. The third-order valence-electron chi connectivity index (χ3n) is 3.96. The quantitative estimate of drug-likeness (QED) is 0.843. The normalized spacial score (nSPS) is 19.1. The van der Waals surface area contributed by atoms with Crippen molar-refractivity contribution in [2.75, 3.05) is 6.61 Å². The molecule has 0 saturated heterocycles. The zero-order chi connectivity index (χ0) is 14.9. The monoisotopic (exact) mass is 296 g/mol. The molecule has 2 N–H and O–H groups in total. The van der Waals surface area contributed by atoms with Gasteiger partial charge in [-0.15, -0.1) is 11.3 Å². The molecular weight excluding hydrogens is 268 g/mol. The van der Waals surface area contributed by atoms with Crippen molar-refractivity contribution in [1.82, 2.24) is 10.3 Å². The summed E-state index contributed by atoms with van der Waals surface area (Å²) in [6.07, 6.45) is 3.47. The van der Waals surface area contributed by atoms with Crippen molar-refractivity contribution in [3.63, 3.8) is 0 Å². The van der Waals surface area contributed by atoms with E-state index in [1.165, 1.54) is 22.7 Å². The minimum absolute atomic E-state index is 0.119. The van der Waals surface area contributed by atoms with Crippen molar-refractivity contribution in [3.05, 3.63) is 15.6 Å². The van der Waals surface area contributed by atoms with Gasteiger partial charge in [-0.2, -0.15) is 0 Å². The second-order valence-corrected chi connectivity index (χ2v) is 8.09. The number of aromatic nitrogens is 1. The second-order valence-electron chi connectivity index (χ2n) is 7.06. The molecule has 20 heavy (non-hydrogen) atoms. The van der Waals surface area contributed by atoms with Crippen molar-refractivity contribution in [1.29, 1.82) is 0 Å². The Morgan fingerprint density at radius 1 is 1.40 bits per heavy atom. The molecule has 1 aromatic rings. The molecule has 2 atom stereocenters. The number of aliphatic hydroxyl groups excluding tert-OH is 1. The molecule has 1 heterocycles. The van der Waals surface area contributed by atoms with Crippen LogP contribution in [0.1, 0.15) is 68.6 Å². The van der Waals surface area contributed by atoms with Gasteiger partial charge in [0.2, 0.25) is 0 Å². The van der Waals surface area contributed by atoms with Gasteiger partial charge in [-0.05, 0) is 39.0 Å². The zero-order valence-corrected chi connectivity index (χ0v) is 14.2. The third-order valence-corrected chi connectivity index (χ3v) is 5.73. The Labute approximate surface area is 126 Å². The summed E-state index contributed by atoms with van der Waals surface area (Å²) in [5.74, 6) is 0.764. The van der Waals surface area contributed by atoms with Gasteiger partial charge in [0.25, 0.3) is 0 Å². The van der Waals surface area contributed by atoms with Crippen LogP contribution in [0, 0.1) is 12.8 Å². The summed E-state index contributed by atoms with van der Waals surface area (Å²) in [6, 6.07) is 0.773. The number of aliphatic hydroxyl groups is 1. The van der Waals surface area contributed by atoms with Crippen LogP contribution in [0.5, 0.6) is 0 Å². The van der Waals surface area contributed by atoms with Gasteiger partial charge in [0, 0.05) is 29.0 Å². The minimum atomic E-state index is 0.119. The molecule has 0 radical (unpaired) electrons. The first-order chi connectivity index (χ1) is 9.32. The summed E-state index contributed by atoms with van der Waals surface area (Å²) in [6.45, 7) is 11.2. The maximum absolute atomic E-state index is 9.21. The summed E-state index contributed by atoms with van der Waals surface area (Å²) in [5, 5.41) is 14.1. The Hall–Kier alpha value is -0.450. The van der Waals surface area contributed by atoms with E-state index in [1.807, 2.05) is 11.3 Å². The lowest BCUT2D eigenvalue weighted by Gasteiger charge is -2.22. The molecule has 0 bridgehead atoms. The molecule has 2 unspecified atom stereocenters. The Morgan fingerprint density at radius 3 is 2.50 bits per heavy atom. The highest BCUT2D eigenvalue weighted by molar-refractivity contribution is 7.12. The van der Waals surface area contributed by atoms with Crippen LogP contribution < -0.4 is 5.32 Å². The SMILES string of the molecule is Cc1nc(C(C)(C)C)sc1C(C)NC(CCO)C1CC1. The fourth-order valence-corrected chi connectivity index (χ4v) is 3.76. The Morgan fingerprint density at radius 2 is 2.05 bits per heavy atom. The zero-order valence-electron chi connectivity index (χ0n) is 13.4. The molecule has 4 heteroatoms. The molecule has 2 rings (SSSR count). The number of thiazole rings is 1. The van der Waals surface area contributed by atoms with Crippen LogP contribution in [0.25, 0.3) is 0 Å². The van der Waals surface area contributed by atoms with Crippen molar-refractivity contribution in [3.8, 4) is 0 Å². The molecule has 114 valence electrons. The number of hydrogen-bond donors (Lipinski definition) is 2. The highest BCUT2D eigenvalue weighted by atomic mass is 32.1. The fraction of sp³-hybridized carbons (Fsp3) is 0.812. The number of rotatable bonds is 6. The Balaban J connectivity index is 2.08. The van der Waals surface area contributed by atoms with E-state index in [0.717, 1.165) is 18.0 Å². The predicted molar refractivity (Wildman–Crippen MR) is 85.3 cm³/mol. The first-order valence-electron chi connectivity index (χ1n) is 7.67. The summed E-state index contributed by atoms with van der Waals surface area (Å²) < 4.78 is 0. The molecule has 0 amide bonds. The Bertz CT molecular complexity index is 446. The van der Waals surface area contributed by atoms with Crippen LogP contribution in [0.2, 0.25) is 0 Å². The van der Waals surface area contributed by atoms with Crippen molar-refractivity contribution >= 4 is 11.3 Å². The van der Waals surface area contributed by atoms with Gasteiger partial charge < -0.3 is 10.4 Å². The summed E-state index contributed by atoms with van der Waals surface area (Å²) >= 11 is 1.83.